The maximum Gasteiger partial charge on any atom is 0.322 e. The van der Waals surface area contributed by atoms with Gasteiger partial charge in [0, 0.05) is 6.42 Å². The summed E-state index contributed by atoms with van der Waals surface area (Å²) in [5.41, 5.74) is 12.5. The van der Waals surface area contributed by atoms with Gasteiger partial charge in [-0.1, -0.05) is 25.1 Å². The Labute approximate surface area is 112 Å². The molecule has 1 atom stereocenters. The van der Waals surface area contributed by atoms with Gasteiger partial charge >= 0.3 is 5.97 Å². The highest BCUT2D eigenvalue weighted by Crippen LogP contribution is 2.14. The number of benzene rings is 1. The van der Waals surface area contributed by atoms with Gasteiger partial charge in [-0.15, -0.1) is 0 Å². The number of carboxylic acids is 1. The van der Waals surface area contributed by atoms with Crippen LogP contribution in [0, 0.1) is 0 Å². The summed E-state index contributed by atoms with van der Waals surface area (Å²) in [6, 6.07) is 6.74. The number of aryl methyl sites for hydroxylation is 1. The van der Waals surface area contributed by atoms with Crippen molar-refractivity contribution >= 4 is 17.6 Å². The van der Waals surface area contributed by atoms with Gasteiger partial charge in [0.05, 0.1) is 5.69 Å². The number of primary amides is 1. The smallest absolute Gasteiger partial charge is 0.322 e. The van der Waals surface area contributed by atoms with E-state index in [9.17, 15) is 9.59 Å². The molecule has 104 valence electrons. The van der Waals surface area contributed by atoms with Crippen LogP contribution in [0.1, 0.15) is 25.3 Å². The summed E-state index contributed by atoms with van der Waals surface area (Å²) in [5.74, 6) is -1.54. The van der Waals surface area contributed by atoms with Gasteiger partial charge in [-0.05, 0) is 24.5 Å². The minimum Gasteiger partial charge on any atom is -0.480 e. The largest absolute Gasteiger partial charge is 0.480 e. The van der Waals surface area contributed by atoms with Crippen LogP contribution >= 0.6 is 0 Å². The standard InChI is InChI=1S/C13H19N3O3/c1-2-9-5-3-4-6-10(9)15-16-11(13(18)19)7-8-12(14)17/h3-6,11,15-16H,2,7-8H2,1H3,(H2,14,17)(H,18,19)/t11-/m0/s1. The lowest BCUT2D eigenvalue weighted by Gasteiger charge is -2.17. The van der Waals surface area contributed by atoms with Gasteiger partial charge in [0.2, 0.25) is 5.91 Å². The molecule has 0 spiro atoms. The number of carbonyl (C=O) groups is 2. The van der Waals surface area contributed by atoms with E-state index in [0.717, 1.165) is 17.7 Å². The molecule has 0 fully saturated rings. The van der Waals surface area contributed by atoms with E-state index in [2.05, 4.69) is 10.9 Å². The van der Waals surface area contributed by atoms with Gasteiger partial charge in [-0.3, -0.25) is 9.59 Å². The Balaban J connectivity index is 2.60. The molecule has 1 aromatic rings. The summed E-state index contributed by atoms with van der Waals surface area (Å²) in [5, 5.41) is 9.04. The minimum absolute atomic E-state index is 0.0288. The number of aliphatic carboxylic acids is 1. The van der Waals surface area contributed by atoms with Gasteiger partial charge < -0.3 is 16.3 Å². The Hall–Kier alpha value is -2.08. The first-order valence-electron chi connectivity index (χ1n) is 6.15. The summed E-state index contributed by atoms with van der Waals surface area (Å²) in [6.07, 6.45) is 1.01. The van der Waals surface area contributed by atoms with Crippen LogP contribution in [0.15, 0.2) is 24.3 Å². The van der Waals surface area contributed by atoms with Gasteiger partial charge in [0.25, 0.3) is 0 Å². The number of hydrogen-bond acceptors (Lipinski definition) is 4. The average Bonchev–Trinajstić information content (AvgIpc) is 2.38. The second kappa shape index (κ2) is 7.38. The van der Waals surface area contributed by atoms with Crippen molar-refractivity contribution in [1.82, 2.24) is 5.43 Å². The lowest BCUT2D eigenvalue weighted by Crippen LogP contribution is -2.41. The number of hydrazine groups is 1. The fourth-order valence-corrected chi connectivity index (χ4v) is 1.66. The summed E-state index contributed by atoms with van der Waals surface area (Å²) >= 11 is 0. The predicted octanol–water partition coefficient (Wildman–Crippen LogP) is 0.884. The highest BCUT2D eigenvalue weighted by atomic mass is 16.4. The minimum atomic E-state index is -1.03. The predicted molar refractivity (Wildman–Crippen MR) is 72.4 cm³/mol. The van der Waals surface area contributed by atoms with Gasteiger partial charge in [-0.25, -0.2) is 5.43 Å². The molecular weight excluding hydrogens is 246 g/mol. The second-order valence-corrected chi connectivity index (χ2v) is 4.18. The van der Waals surface area contributed by atoms with Crippen molar-refractivity contribution < 1.29 is 14.7 Å². The lowest BCUT2D eigenvalue weighted by molar-refractivity contribution is -0.139. The van der Waals surface area contributed by atoms with Crippen LogP contribution in [0.3, 0.4) is 0 Å². The monoisotopic (exact) mass is 265 g/mol. The third-order valence-electron chi connectivity index (χ3n) is 2.76. The Bertz CT molecular complexity index is 449. The molecule has 1 rings (SSSR count). The second-order valence-electron chi connectivity index (χ2n) is 4.18. The number of carboxylic acid groups (broad SMARTS) is 1. The van der Waals surface area contributed by atoms with Gasteiger partial charge in [0.15, 0.2) is 0 Å². The van der Waals surface area contributed by atoms with Crippen molar-refractivity contribution in [2.24, 2.45) is 5.73 Å². The number of nitrogens with one attached hydrogen (secondary N) is 2. The fourth-order valence-electron chi connectivity index (χ4n) is 1.66. The summed E-state index contributed by atoms with van der Waals surface area (Å²) in [6.45, 7) is 2.02. The van der Waals surface area contributed by atoms with Crippen LogP contribution in [0.2, 0.25) is 0 Å². The summed E-state index contributed by atoms with van der Waals surface area (Å²) in [7, 11) is 0. The molecule has 6 heteroatoms. The Morgan fingerprint density at radius 1 is 1.37 bits per heavy atom. The first kappa shape index (κ1) is 15.0. The number of anilines is 1. The highest BCUT2D eigenvalue weighted by molar-refractivity contribution is 5.77. The number of amides is 1. The quantitative estimate of drug-likeness (QED) is 0.522. The van der Waals surface area contributed by atoms with Crippen LogP contribution in [0.4, 0.5) is 5.69 Å². The summed E-state index contributed by atoms with van der Waals surface area (Å²) in [4.78, 5) is 21.7. The van der Waals surface area contributed by atoms with E-state index in [0.29, 0.717) is 0 Å². The van der Waals surface area contributed by atoms with E-state index in [-0.39, 0.29) is 12.8 Å². The molecule has 0 saturated heterocycles. The third-order valence-corrected chi connectivity index (χ3v) is 2.76. The Kier molecular flexibility index (Phi) is 5.81. The highest BCUT2D eigenvalue weighted by Gasteiger charge is 2.17. The van der Waals surface area contributed by atoms with Crippen molar-refractivity contribution in [2.45, 2.75) is 32.2 Å². The molecule has 0 aliphatic rings. The molecule has 0 aliphatic heterocycles. The molecule has 0 aromatic heterocycles. The van der Waals surface area contributed by atoms with Crippen molar-refractivity contribution in [3.63, 3.8) is 0 Å². The van der Waals surface area contributed by atoms with Crippen molar-refractivity contribution in [3.05, 3.63) is 29.8 Å². The van der Waals surface area contributed by atoms with Crippen LogP contribution in [0.25, 0.3) is 0 Å². The maximum atomic E-state index is 11.0. The molecule has 0 unspecified atom stereocenters. The number of carbonyl (C=O) groups excluding carboxylic acids is 1. The van der Waals surface area contributed by atoms with E-state index >= 15 is 0 Å². The molecular formula is C13H19N3O3. The van der Waals surface area contributed by atoms with Gasteiger partial charge in [0.1, 0.15) is 6.04 Å². The third kappa shape index (κ3) is 4.97. The molecule has 5 N–H and O–H groups in total. The van der Waals surface area contributed by atoms with Crippen molar-refractivity contribution in [1.29, 1.82) is 0 Å². The molecule has 1 aromatic carbocycles. The first-order chi connectivity index (χ1) is 9.04. The van der Waals surface area contributed by atoms with Crippen LogP contribution in [0.5, 0.6) is 0 Å². The van der Waals surface area contributed by atoms with E-state index in [1.165, 1.54) is 0 Å². The number of para-hydroxylation sites is 1. The van der Waals surface area contributed by atoms with E-state index in [1.807, 2.05) is 31.2 Å². The van der Waals surface area contributed by atoms with Gasteiger partial charge in [-0.2, -0.15) is 0 Å². The number of hydrogen-bond donors (Lipinski definition) is 4. The molecule has 1 amide bonds. The van der Waals surface area contributed by atoms with Crippen LogP contribution < -0.4 is 16.6 Å². The van der Waals surface area contributed by atoms with Crippen LogP contribution in [-0.4, -0.2) is 23.0 Å². The first-order valence-corrected chi connectivity index (χ1v) is 6.15. The van der Waals surface area contributed by atoms with E-state index in [4.69, 9.17) is 10.8 Å². The molecule has 0 heterocycles. The topological polar surface area (TPSA) is 104 Å². The summed E-state index contributed by atoms with van der Waals surface area (Å²) < 4.78 is 0. The van der Waals surface area contributed by atoms with Crippen LogP contribution in [-0.2, 0) is 16.0 Å². The van der Waals surface area contributed by atoms with Crippen molar-refractivity contribution in [3.8, 4) is 0 Å². The van der Waals surface area contributed by atoms with Crippen molar-refractivity contribution in [2.75, 3.05) is 5.43 Å². The maximum absolute atomic E-state index is 11.0. The average molecular weight is 265 g/mol. The lowest BCUT2D eigenvalue weighted by atomic mass is 10.1. The zero-order valence-electron chi connectivity index (χ0n) is 10.8. The molecule has 0 aliphatic carbocycles. The zero-order chi connectivity index (χ0) is 14.3. The molecule has 6 nitrogen and oxygen atoms in total. The number of rotatable bonds is 8. The Morgan fingerprint density at radius 3 is 2.63 bits per heavy atom. The molecule has 0 radical (unpaired) electrons. The molecule has 19 heavy (non-hydrogen) atoms. The Morgan fingerprint density at radius 2 is 2.05 bits per heavy atom. The fraction of sp³-hybridized carbons (Fsp3) is 0.385. The molecule has 0 bridgehead atoms. The SMILES string of the molecule is CCc1ccccc1NN[C@@H](CCC(N)=O)C(=O)O. The van der Waals surface area contributed by atoms with E-state index < -0.39 is 17.9 Å². The normalized spacial score (nSPS) is 11.8. The zero-order valence-corrected chi connectivity index (χ0v) is 10.8. The van der Waals surface area contributed by atoms with E-state index in [1.54, 1.807) is 0 Å². The number of nitrogens with two attached hydrogens (primary N) is 1. The molecule has 0 saturated carbocycles.